The van der Waals surface area contributed by atoms with Gasteiger partial charge < -0.3 is 14.6 Å². The number of carbonyl (C=O) groups is 2. The molecule has 0 bridgehead atoms. The third kappa shape index (κ3) is 3.22. The van der Waals surface area contributed by atoms with E-state index in [0.717, 1.165) is 4.31 Å². The first-order chi connectivity index (χ1) is 11.2. The normalized spacial score (nSPS) is 21.5. The third-order valence-corrected chi connectivity index (χ3v) is 5.94. The van der Waals surface area contributed by atoms with E-state index in [0.29, 0.717) is 0 Å². The van der Waals surface area contributed by atoms with Gasteiger partial charge in [0.05, 0.1) is 25.0 Å². The minimum atomic E-state index is -3.88. The van der Waals surface area contributed by atoms with Gasteiger partial charge in [0.15, 0.2) is 0 Å². The van der Waals surface area contributed by atoms with Crippen LogP contribution in [0.15, 0.2) is 23.1 Å². The largest absolute Gasteiger partial charge is 0.496 e. The molecule has 1 heterocycles. The average Bonchev–Trinajstić information content (AvgIpc) is 2.96. The number of methoxy groups -OCH3 is 2. The molecule has 8 nitrogen and oxygen atoms in total. The summed E-state index contributed by atoms with van der Waals surface area (Å²) < 4.78 is 36.3. The Labute approximate surface area is 140 Å². The molecule has 132 valence electrons. The molecule has 2 rings (SSSR count). The maximum Gasteiger partial charge on any atom is 0.341 e. The lowest BCUT2D eigenvalue weighted by Crippen LogP contribution is -2.30. The number of carboxylic acid groups (broad SMARTS) is 1. The van der Waals surface area contributed by atoms with E-state index < -0.39 is 27.9 Å². The van der Waals surface area contributed by atoms with E-state index in [-0.39, 0.29) is 35.2 Å². The second-order valence-corrected chi connectivity index (χ2v) is 7.54. The van der Waals surface area contributed by atoms with E-state index >= 15 is 0 Å². The van der Waals surface area contributed by atoms with Crippen molar-refractivity contribution in [2.45, 2.75) is 11.8 Å². The van der Waals surface area contributed by atoms with Gasteiger partial charge in [0.25, 0.3) is 0 Å². The highest BCUT2D eigenvalue weighted by Crippen LogP contribution is 2.31. The van der Waals surface area contributed by atoms with E-state index in [1.54, 1.807) is 6.92 Å². The van der Waals surface area contributed by atoms with E-state index in [1.807, 2.05) is 0 Å². The van der Waals surface area contributed by atoms with Crippen molar-refractivity contribution in [3.8, 4) is 5.75 Å². The molecule has 0 aliphatic carbocycles. The number of esters is 1. The summed E-state index contributed by atoms with van der Waals surface area (Å²) in [5, 5.41) is 9.15. The Bertz CT molecular complexity index is 759. The highest BCUT2D eigenvalue weighted by molar-refractivity contribution is 7.89. The van der Waals surface area contributed by atoms with Gasteiger partial charge in [-0.15, -0.1) is 0 Å². The topological polar surface area (TPSA) is 110 Å². The van der Waals surface area contributed by atoms with Crippen LogP contribution in [-0.2, 0) is 19.6 Å². The number of carbonyl (C=O) groups excluding carboxylic acids is 1. The highest BCUT2D eigenvalue weighted by Gasteiger charge is 2.40. The van der Waals surface area contributed by atoms with Crippen molar-refractivity contribution >= 4 is 22.0 Å². The monoisotopic (exact) mass is 357 g/mol. The van der Waals surface area contributed by atoms with Crippen molar-refractivity contribution < 1.29 is 32.6 Å². The van der Waals surface area contributed by atoms with Crippen molar-refractivity contribution in [2.75, 3.05) is 27.3 Å². The fourth-order valence-electron chi connectivity index (χ4n) is 2.70. The van der Waals surface area contributed by atoms with E-state index in [1.165, 1.54) is 32.4 Å². The van der Waals surface area contributed by atoms with Crippen LogP contribution in [0.4, 0.5) is 0 Å². The minimum absolute atomic E-state index is 0.0646. The smallest absolute Gasteiger partial charge is 0.341 e. The molecule has 1 aliphatic heterocycles. The number of aliphatic carboxylic acids is 1. The first-order valence-electron chi connectivity index (χ1n) is 7.21. The van der Waals surface area contributed by atoms with Gasteiger partial charge in [-0.1, -0.05) is 6.92 Å². The van der Waals surface area contributed by atoms with Crippen molar-refractivity contribution in [3.05, 3.63) is 23.8 Å². The number of ether oxygens (including phenoxy) is 2. The molecule has 1 saturated heterocycles. The Hall–Kier alpha value is -2.13. The van der Waals surface area contributed by atoms with Crippen LogP contribution in [0.25, 0.3) is 0 Å². The number of nitrogens with zero attached hydrogens (tertiary/aromatic N) is 1. The van der Waals surface area contributed by atoms with Crippen molar-refractivity contribution in [3.63, 3.8) is 0 Å². The molecule has 24 heavy (non-hydrogen) atoms. The molecule has 0 radical (unpaired) electrons. The molecule has 1 aromatic rings. The lowest BCUT2D eigenvalue weighted by atomic mass is 9.99. The van der Waals surface area contributed by atoms with Gasteiger partial charge in [-0.25, -0.2) is 13.2 Å². The lowest BCUT2D eigenvalue weighted by molar-refractivity contribution is -0.142. The summed E-state index contributed by atoms with van der Waals surface area (Å²) in [7, 11) is -1.35. The molecule has 1 aliphatic rings. The molecule has 0 unspecified atom stereocenters. The first-order valence-corrected chi connectivity index (χ1v) is 8.65. The van der Waals surface area contributed by atoms with Gasteiger partial charge in [-0.05, 0) is 18.1 Å². The summed E-state index contributed by atoms with van der Waals surface area (Å²) >= 11 is 0. The molecular weight excluding hydrogens is 338 g/mol. The second kappa shape index (κ2) is 6.78. The van der Waals surface area contributed by atoms with Gasteiger partial charge in [0, 0.05) is 19.2 Å². The summed E-state index contributed by atoms with van der Waals surface area (Å²) in [5.41, 5.74) is 0.108. The fraction of sp³-hybridized carbons (Fsp3) is 0.467. The number of carboxylic acids is 1. The molecule has 1 aromatic carbocycles. The van der Waals surface area contributed by atoms with E-state index in [4.69, 9.17) is 9.84 Å². The molecule has 0 aromatic heterocycles. The number of hydrogen-bond acceptors (Lipinski definition) is 6. The van der Waals surface area contributed by atoms with Crippen LogP contribution >= 0.6 is 0 Å². The molecule has 1 fully saturated rings. The molecular formula is C15H19NO7S. The van der Waals surface area contributed by atoms with Crippen LogP contribution in [0.3, 0.4) is 0 Å². The van der Waals surface area contributed by atoms with Crippen LogP contribution in [0.1, 0.15) is 17.3 Å². The number of benzene rings is 1. The zero-order valence-electron chi connectivity index (χ0n) is 13.6. The highest BCUT2D eigenvalue weighted by atomic mass is 32.2. The lowest BCUT2D eigenvalue weighted by Gasteiger charge is -2.17. The van der Waals surface area contributed by atoms with Crippen molar-refractivity contribution in [1.29, 1.82) is 0 Å². The standard InChI is InChI=1S/C15H19NO7S/c1-9-7-16(8-12(9)14(17)18)24(20,21)10-4-5-11(15(19)23-3)13(6-10)22-2/h4-6,9,12H,7-8H2,1-3H3,(H,17,18)/t9-,12-/m1/s1. The summed E-state index contributed by atoms with van der Waals surface area (Å²) in [6.07, 6.45) is 0. The first kappa shape index (κ1) is 18.2. The minimum Gasteiger partial charge on any atom is -0.496 e. The molecule has 0 spiro atoms. The SMILES string of the molecule is COC(=O)c1ccc(S(=O)(=O)N2C[C@@H](C)[C@H](C(=O)O)C2)cc1OC. The summed E-state index contributed by atoms with van der Waals surface area (Å²) in [6, 6.07) is 3.83. The van der Waals surface area contributed by atoms with E-state index in [9.17, 15) is 18.0 Å². The Balaban J connectivity index is 2.37. The predicted molar refractivity (Wildman–Crippen MR) is 83.4 cm³/mol. The predicted octanol–water partition coefficient (Wildman–Crippen LogP) is 0.823. The van der Waals surface area contributed by atoms with Gasteiger partial charge in [-0.3, -0.25) is 4.79 Å². The van der Waals surface area contributed by atoms with Crippen LogP contribution in [0, 0.1) is 11.8 Å². The quantitative estimate of drug-likeness (QED) is 0.777. The Kier molecular flexibility index (Phi) is 5.14. The van der Waals surface area contributed by atoms with Crippen molar-refractivity contribution in [1.82, 2.24) is 4.31 Å². The van der Waals surface area contributed by atoms with Gasteiger partial charge in [-0.2, -0.15) is 4.31 Å². The zero-order valence-corrected chi connectivity index (χ0v) is 14.4. The van der Waals surface area contributed by atoms with Gasteiger partial charge in [0.2, 0.25) is 10.0 Å². The van der Waals surface area contributed by atoms with Crippen LogP contribution in [-0.4, -0.2) is 57.1 Å². The Morgan fingerprint density at radius 1 is 1.25 bits per heavy atom. The summed E-state index contributed by atoms with van der Waals surface area (Å²) in [4.78, 5) is 22.8. The summed E-state index contributed by atoms with van der Waals surface area (Å²) in [6.45, 7) is 1.75. The maximum atomic E-state index is 12.7. The third-order valence-electron chi connectivity index (χ3n) is 4.11. The number of sulfonamides is 1. The number of rotatable bonds is 5. The average molecular weight is 357 g/mol. The van der Waals surface area contributed by atoms with Gasteiger partial charge in [0.1, 0.15) is 11.3 Å². The second-order valence-electron chi connectivity index (χ2n) is 5.60. The summed E-state index contributed by atoms with van der Waals surface area (Å²) in [5.74, 6) is -2.61. The van der Waals surface area contributed by atoms with E-state index in [2.05, 4.69) is 4.74 Å². The van der Waals surface area contributed by atoms with Crippen LogP contribution in [0.2, 0.25) is 0 Å². The molecule has 2 atom stereocenters. The van der Waals surface area contributed by atoms with Gasteiger partial charge >= 0.3 is 11.9 Å². The maximum absolute atomic E-state index is 12.7. The van der Waals surface area contributed by atoms with Crippen molar-refractivity contribution in [2.24, 2.45) is 11.8 Å². The molecule has 9 heteroatoms. The molecule has 0 amide bonds. The van der Waals surface area contributed by atoms with Crippen LogP contribution in [0.5, 0.6) is 5.75 Å². The molecule has 1 N–H and O–H groups in total. The van der Waals surface area contributed by atoms with Crippen LogP contribution < -0.4 is 4.74 Å². The fourth-order valence-corrected chi connectivity index (χ4v) is 4.28. The zero-order chi connectivity index (χ0) is 18.1. The molecule has 0 saturated carbocycles. The Morgan fingerprint density at radius 3 is 2.42 bits per heavy atom. The number of hydrogen-bond donors (Lipinski definition) is 1. The Morgan fingerprint density at radius 2 is 1.92 bits per heavy atom.